The van der Waals surface area contributed by atoms with Gasteiger partial charge < -0.3 is 0 Å². The minimum atomic E-state index is 1.04. The average molecular weight is 191 g/mol. The van der Waals surface area contributed by atoms with Crippen LogP contribution in [0.4, 0.5) is 0 Å². The van der Waals surface area contributed by atoms with Gasteiger partial charge in [-0.1, -0.05) is 13.8 Å². The van der Waals surface area contributed by atoms with E-state index >= 15 is 0 Å². The summed E-state index contributed by atoms with van der Waals surface area (Å²) in [6.07, 6.45) is 4.12. The summed E-state index contributed by atoms with van der Waals surface area (Å²) >= 11 is 1.77. The molecule has 0 spiro atoms. The van der Waals surface area contributed by atoms with Crippen LogP contribution in [0.2, 0.25) is 0 Å². The number of fused-ring (bicyclic) bond motifs is 1. The van der Waals surface area contributed by atoms with Gasteiger partial charge in [-0.2, -0.15) is 0 Å². The molecule has 0 unspecified atom stereocenters. The van der Waals surface area contributed by atoms with Crippen LogP contribution < -0.4 is 0 Å². The highest BCUT2D eigenvalue weighted by atomic mass is 32.1. The third-order valence-electron chi connectivity index (χ3n) is 2.39. The van der Waals surface area contributed by atoms with Crippen LogP contribution in [-0.2, 0) is 12.8 Å². The first-order valence-corrected chi connectivity index (χ1v) is 5.58. The van der Waals surface area contributed by atoms with Crippen LogP contribution in [-0.4, -0.2) is 4.98 Å². The lowest BCUT2D eigenvalue weighted by molar-refractivity contribution is 0.981. The number of thiophene rings is 1. The average Bonchev–Trinajstić information content (AvgIpc) is 2.63. The third kappa shape index (κ3) is 1.35. The predicted molar refractivity (Wildman–Crippen MR) is 58.4 cm³/mol. The van der Waals surface area contributed by atoms with Gasteiger partial charge in [-0.3, -0.25) is 4.98 Å². The van der Waals surface area contributed by atoms with Gasteiger partial charge in [0.05, 0.1) is 4.70 Å². The monoisotopic (exact) mass is 191 g/mol. The predicted octanol–water partition coefficient (Wildman–Crippen LogP) is 3.42. The van der Waals surface area contributed by atoms with E-state index in [4.69, 9.17) is 0 Å². The van der Waals surface area contributed by atoms with Crippen LogP contribution in [0.25, 0.3) is 10.1 Å². The minimum Gasteiger partial charge on any atom is -0.260 e. The number of pyridine rings is 1. The van der Waals surface area contributed by atoms with Gasteiger partial charge >= 0.3 is 0 Å². The summed E-state index contributed by atoms with van der Waals surface area (Å²) in [5.41, 5.74) is 2.69. The van der Waals surface area contributed by atoms with Crippen molar-refractivity contribution in [3.05, 3.63) is 28.9 Å². The Labute approximate surface area is 82.4 Å². The second kappa shape index (κ2) is 3.46. The second-order valence-electron chi connectivity index (χ2n) is 3.09. The maximum absolute atomic E-state index is 4.48. The number of aryl methyl sites for hydroxylation is 2. The molecule has 68 valence electrons. The smallest absolute Gasteiger partial charge is 0.0529 e. The molecular weight excluding hydrogens is 178 g/mol. The van der Waals surface area contributed by atoms with Crippen LogP contribution in [0.1, 0.15) is 25.1 Å². The molecule has 0 saturated carbocycles. The first kappa shape index (κ1) is 8.70. The molecule has 2 aromatic rings. The zero-order chi connectivity index (χ0) is 9.26. The Hall–Kier alpha value is -0.890. The summed E-state index contributed by atoms with van der Waals surface area (Å²) in [4.78, 5) is 4.48. The maximum atomic E-state index is 4.48. The van der Waals surface area contributed by atoms with E-state index in [1.54, 1.807) is 11.3 Å². The summed E-state index contributed by atoms with van der Waals surface area (Å²) in [6, 6.07) is 2.21. The molecule has 0 amide bonds. The quantitative estimate of drug-likeness (QED) is 0.708. The lowest BCUT2D eigenvalue weighted by atomic mass is 10.1. The van der Waals surface area contributed by atoms with Crippen molar-refractivity contribution in [3.8, 4) is 0 Å². The summed E-state index contributed by atoms with van der Waals surface area (Å²) in [5, 5.41) is 3.55. The molecule has 0 aliphatic carbocycles. The maximum Gasteiger partial charge on any atom is 0.0529 e. The highest BCUT2D eigenvalue weighted by molar-refractivity contribution is 7.17. The van der Waals surface area contributed by atoms with Gasteiger partial charge in [-0.05, 0) is 35.2 Å². The van der Waals surface area contributed by atoms with Crippen LogP contribution in [0.3, 0.4) is 0 Å². The van der Waals surface area contributed by atoms with Crippen LogP contribution in [0.5, 0.6) is 0 Å². The molecule has 0 aliphatic heterocycles. The zero-order valence-corrected chi connectivity index (χ0v) is 8.82. The van der Waals surface area contributed by atoms with Gasteiger partial charge in [0.25, 0.3) is 0 Å². The Balaban J connectivity index is 2.74. The first-order valence-electron chi connectivity index (χ1n) is 4.70. The summed E-state index contributed by atoms with van der Waals surface area (Å²) in [5.74, 6) is 0. The van der Waals surface area contributed by atoms with Gasteiger partial charge in [-0.25, -0.2) is 0 Å². The largest absolute Gasteiger partial charge is 0.260 e. The molecule has 2 aromatic heterocycles. The van der Waals surface area contributed by atoms with Crippen LogP contribution >= 0.6 is 11.3 Å². The number of aromatic nitrogens is 1. The molecular formula is C11H13NS. The van der Waals surface area contributed by atoms with Crippen molar-refractivity contribution in [1.29, 1.82) is 0 Å². The molecule has 0 fully saturated rings. The van der Waals surface area contributed by atoms with E-state index < -0.39 is 0 Å². The molecule has 2 heterocycles. The third-order valence-corrected chi connectivity index (χ3v) is 3.25. The first-order chi connectivity index (χ1) is 6.36. The van der Waals surface area contributed by atoms with Crippen molar-refractivity contribution in [2.45, 2.75) is 26.7 Å². The second-order valence-corrected chi connectivity index (χ2v) is 4.04. The van der Waals surface area contributed by atoms with Crippen molar-refractivity contribution in [2.24, 2.45) is 0 Å². The highest BCUT2D eigenvalue weighted by Gasteiger charge is 2.06. The lowest BCUT2D eigenvalue weighted by Crippen LogP contribution is -1.94. The van der Waals surface area contributed by atoms with Crippen LogP contribution in [0.15, 0.2) is 17.6 Å². The molecule has 0 aromatic carbocycles. The van der Waals surface area contributed by atoms with E-state index in [9.17, 15) is 0 Å². The molecule has 2 rings (SSSR count). The summed E-state index contributed by atoms with van der Waals surface area (Å²) in [7, 11) is 0. The van der Waals surface area contributed by atoms with Gasteiger partial charge in [0.2, 0.25) is 0 Å². The highest BCUT2D eigenvalue weighted by Crippen LogP contribution is 2.25. The fourth-order valence-corrected chi connectivity index (χ4v) is 2.52. The van der Waals surface area contributed by atoms with Crippen molar-refractivity contribution in [1.82, 2.24) is 4.98 Å². The number of nitrogens with zero attached hydrogens (tertiary/aromatic N) is 1. The standard InChI is InChI=1S/C11H13NS/c1-3-8-9-5-6-13-11(9)7-12-10(8)4-2/h5-7H,3-4H2,1-2H3. The lowest BCUT2D eigenvalue weighted by Gasteiger charge is -2.05. The summed E-state index contributed by atoms with van der Waals surface area (Å²) in [6.45, 7) is 4.37. The summed E-state index contributed by atoms with van der Waals surface area (Å²) < 4.78 is 1.31. The van der Waals surface area contributed by atoms with E-state index in [0.29, 0.717) is 0 Å². The van der Waals surface area contributed by atoms with E-state index in [0.717, 1.165) is 12.8 Å². The van der Waals surface area contributed by atoms with Gasteiger partial charge in [0, 0.05) is 11.9 Å². The van der Waals surface area contributed by atoms with Gasteiger partial charge in [0.15, 0.2) is 0 Å². The Morgan fingerprint density at radius 1 is 1.31 bits per heavy atom. The number of hydrogen-bond donors (Lipinski definition) is 0. The van der Waals surface area contributed by atoms with Gasteiger partial charge in [-0.15, -0.1) is 11.3 Å². The molecule has 0 N–H and O–H groups in total. The molecule has 0 atom stereocenters. The van der Waals surface area contributed by atoms with E-state index in [-0.39, 0.29) is 0 Å². The van der Waals surface area contributed by atoms with E-state index in [1.807, 2.05) is 6.20 Å². The Morgan fingerprint density at radius 3 is 2.85 bits per heavy atom. The number of hydrogen-bond acceptors (Lipinski definition) is 2. The van der Waals surface area contributed by atoms with Crippen molar-refractivity contribution in [2.75, 3.05) is 0 Å². The normalized spacial score (nSPS) is 10.9. The minimum absolute atomic E-state index is 1.04. The zero-order valence-electron chi connectivity index (χ0n) is 8.00. The van der Waals surface area contributed by atoms with Gasteiger partial charge in [0.1, 0.15) is 0 Å². The molecule has 1 nitrogen and oxygen atoms in total. The fourth-order valence-electron chi connectivity index (χ4n) is 1.74. The Kier molecular flexibility index (Phi) is 2.32. The van der Waals surface area contributed by atoms with Crippen molar-refractivity contribution in [3.63, 3.8) is 0 Å². The molecule has 0 saturated heterocycles. The Morgan fingerprint density at radius 2 is 2.15 bits per heavy atom. The molecule has 0 radical (unpaired) electrons. The topological polar surface area (TPSA) is 12.9 Å². The SMILES string of the molecule is CCc1ncc2sccc2c1CC. The fraction of sp³-hybridized carbons (Fsp3) is 0.364. The molecule has 13 heavy (non-hydrogen) atoms. The van der Waals surface area contributed by atoms with Crippen molar-refractivity contribution >= 4 is 21.4 Å². The molecule has 2 heteroatoms. The number of rotatable bonds is 2. The molecule has 0 aliphatic rings. The molecule has 0 bridgehead atoms. The van der Waals surface area contributed by atoms with Crippen molar-refractivity contribution < 1.29 is 0 Å². The van der Waals surface area contributed by atoms with Crippen LogP contribution in [0, 0.1) is 0 Å². The van der Waals surface area contributed by atoms with E-state index in [2.05, 4.69) is 30.3 Å². The Bertz CT molecular complexity index is 417. The van der Waals surface area contributed by atoms with E-state index in [1.165, 1.54) is 21.3 Å².